The summed E-state index contributed by atoms with van der Waals surface area (Å²) in [5, 5.41) is 11.8. The van der Waals surface area contributed by atoms with Crippen LogP contribution in [0.2, 0.25) is 5.02 Å². The van der Waals surface area contributed by atoms with E-state index >= 15 is 0 Å². The van der Waals surface area contributed by atoms with Crippen LogP contribution in [0, 0.1) is 5.82 Å². The van der Waals surface area contributed by atoms with Crippen LogP contribution in [-0.2, 0) is 50.5 Å². The minimum atomic E-state index is -4.33. The van der Waals surface area contributed by atoms with Crippen molar-refractivity contribution in [1.29, 1.82) is 0 Å². The van der Waals surface area contributed by atoms with E-state index in [2.05, 4.69) is 10.1 Å². The van der Waals surface area contributed by atoms with Crippen molar-refractivity contribution in [2.45, 2.75) is 58.8 Å². The Bertz CT molecular complexity index is 1830. The fourth-order valence-corrected chi connectivity index (χ4v) is 6.29. The Morgan fingerprint density at radius 1 is 1.10 bits per heavy atom. The lowest BCUT2D eigenvalue weighted by Gasteiger charge is -2.24. The number of ether oxygens (including phenoxy) is 4. The Kier molecular flexibility index (Phi) is 13.4. The average Bonchev–Trinajstić information content (AvgIpc) is 3.70. The maximum atomic E-state index is 14.3. The highest BCUT2D eigenvalue weighted by Gasteiger charge is 2.34. The maximum absolute atomic E-state index is 14.3. The number of Topliss-reactive ketones (excluding diaryl/α,β-unsaturated/α-hetero) is 1. The summed E-state index contributed by atoms with van der Waals surface area (Å²) >= 11 is 5.84. The number of aromatic nitrogens is 1. The molecule has 16 nitrogen and oxygen atoms in total. The number of halogens is 2. The van der Waals surface area contributed by atoms with Crippen molar-refractivity contribution in [1.82, 2.24) is 14.8 Å². The number of amides is 2. The number of likely N-dealkylation sites (tertiary alicyclic amines) is 1. The topological polar surface area (TPSA) is 198 Å². The lowest BCUT2D eigenvalue weighted by molar-refractivity contribution is -0.138. The van der Waals surface area contributed by atoms with E-state index in [9.17, 15) is 32.9 Å². The molecule has 0 saturated carbocycles. The minimum Gasteiger partial charge on any atom is -0.481 e. The summed E-state index contributed by atoms with van der Waals surface area (Å²) in [6.45, 7) is 2.54. The van der Waals surface area contributed by atoms with Gasteiger partial charge in [-0.25, -0.2) is 14.0 Å². The predicted octanol–water partition coefficient (Wildman–Crippen LogP) is 5.68. The lowest BCUT2D eigenvalue weighted by Crippen LogP contribution is -2.46. The molecule has 0 spiro atoms. The minimum absolute atomic E-state index is 0.0757. The molecule has 1 aliphatic heterocycles. The average molecular weight is 756 g/mol. The Labute approximate surface area is 296 Å². The summed E-state index contributed by atoms with van der Waals surface area (Å²) in [4.78, 5) is 63.0. The second-order valence-electron chi connectivity index (χ2n) is 11.4. The number of fused-ring (bicyclic) bond motifs is 1. The molecule has 2 atom stereocenters. The molecule has 2 aromatic carbocycles. The SMILES string of the molecule is CC(=O)c1cn(CC(=O)N2CCC[C@H]2C(=O)NCc2cccc(Cl)c2F)c2cc(OCP(=O)(OCOC(=O)O)OCOC(=O)OC(C)C)ccc12. The fraction of sp³-hybridized carbons (Fsp3) is 0.406. The van der Waals surface area contributed by atoms with Crippen LogP contribution in [0.1, 0.15) is 49.5 Å². The molecule has 1 unspecified atom stereocenters. The molecule has 1 aromatic heterocycles. The van der Waals surface area contributed by atoms with Crippen LogP contribution < -0.4 is 10.1 Å². The van der Waals surface area contributed by atoms with Crippen LogP contribution >= 0.6 is 19.2 Å². The molecule has 2 amide bonds. The second kappa shape index (κ2) is 17.5. The highest BCUT2D eigenvalue weighted by atomic mass is 35.5. The van der Waals surface area contributed by atoms with E-state index < -0.39 is 69.6 Å². The van der Waals surface area contributed by atoms with Crippen LogP contribution in [0.4, 0.5) is 14.0 Å². The predicted molar refractivity (Wildman–Crippen MR) is 177 cm³/mol. The first-order chi connectivity index (χ1) is 24.2. The zero-order valence-corrected chi connectivity index (χ0v) is 29.4. The van der Waals surface area contributed by atoms with E-state index in [4.69, 9.17) is 40.0 Å². The van der Waals surface area contributed by atoms with E-state index in [1.807, 2.05) is 0 Å². The monoisotopic (exact) mass is 755 g/mol. The van der Waals surface area contributed by atoms with Crippen molar-refractivity contribution in [2.75, 3.05) is 26.5 Å². The van der Waals surface area contributed by atoms with Crippen LogP contribution in [0.25, 0.3) is 10.9 Å². The summed E-state index contributed by atoms with van der Waals surface area (Å²) < 4.78 is 58.6. The molecule has 4 rings (SSSR count). The molecule has 1 saturated heterocycles. The van der Waals surface area contributed by atoms with Gasteiger partial charge in [0.05, 0.1) is 16.6 Å². The van der Waals surface area contributed by atoms with Crippen molar-refractivity contribution in [3.63, 3.8) is 0 Å². The van der Waals surface area contributed by atoms with Gasteiger partial charge in [-0.3, -0.25) is 28.0 Å². The number of benzene rings is 2. The molecule has 51 heavy (non-hydrogen) atoms. The first kappa shape index (κ1) is 39.1. The quantitative estimate of drug-likeness (QED) is 0.0785. The fourth-order valence-electron chi connectivity index (χ4n) is 5.14. The van der Waals surface area contributed by atoms with Gasteiger partial charge in [-0.2, -0.15) is 0 Å². The van der Waals surface area contributed by atoms with Gasteiger partial charge >= 0.3 is 19.9 Å². The third-order valence-electron chi connectivity index (χ3n) is 7.48. The van der Waals surface area contributed by atoms with Gasteiger partial charge in [0.25, 0.3) is 0 Å². The zero-order chi connectivity index (χ0) is 37.3. The number of carbonyl (C=O) groups is 5. The van der Waals surface area contributed by atoms with Crippen molar-refractivity contribution in [2.24, 2.45) is 0 Å². The molecule has 1 fully saturated rings. The molecular formula is C32H36ClFN3O13P. The molecule has 2 heterocycles. The number of nitrogens with one attached hydrogen (secondary N) is 1. The van der Waals surface area contributed by atoms with E-state index in [0.29, 0.717) is 35.9 Å². The molecule has 1 aliphatic rings. The maximum Gasteiger partial charge on any atom is 0.510 e. The number of hydrogen-bond donors (Lipinski definition) is 2. The standard InChI is InChI=1S/C32H36ClFN3O13P/c1-19(2)50-32(43)46-17-49-51(44,48-16-45-31(41)42)18-47-22-9-10-23-24(20(3)38)14-36(27(23)12-22)15-28(39)37-11-5-8-26(37)30(40)35-13-21-6-4-7-25(33)29(21)34/h4,6-7,9-10,12,14,19,26H,5,8,11,13,15-18H2,1-3H3,(H,35,40)(H,41,42)/t26-,51?/m0/s1. The van der Waals surface area contributed by atoms with Crippen LogP contribution in [-0.4, -0.2) is 83.1 Å². The summed E-state index contributed by atoms with van der Waals surface area (Å²) in [5.74, 6) is -1.71. The molecule has 0 radical (unpaired) electrons. The van der Waals surface area contributed by atoms with Gasteiger partial charge in [0.2, 0.25) is 25.4 Å². The summed E-state index contributed by atoms with van der Waals surface area (Å²) in [6.07, 6.45) is -1.68. The summed E-state index contributed by atoms with van der Waals surface area (Å²) in [5.41, 5.74) is 0.883. The van der Waals surface area contributed by atoms with Crippen molar-refractivity contribution >= 4 is 60.0 Å². The normalized spacial score (nSPS) is 15.3. The van der Waals surface area contributed by atoms with Crippen LogP contribution in [0.15, 0.2) is 42.6 Å². The number of hydrogen-bond acceptors (Lipinski definition) is 12. The smallest absolute Gasteiger partial charge is 0.481 e. The third kappa shape index (κ3) is 10.7. The molecule has 2 N–H and O–H groups in total. The van der Waals surface area contributed by atoms with E-state index in [0.717, 1.165) is 0 Å². The van der Waals surface area contributed by atoms with Crippen molar-refractivity contribution in [3.8, 4) is 5.75 Å². The van der Waals surface area contributed by atoms with Gasteiger partial charge in [-0.05, 0) is 51.8 Å². The largest absolute Gasteiger partial charge is 0.510 e. The van der Waals surface area contributed by atoms with Crippen molar-refractivity contribution in [3.05, 3.63) is 64.6 Å². The summed E-state index contributed by atoms with van der Waals surface area (Å²) in [6, 6.07) is 8.13. The highest BCUT2D eigenvalue weighted by Crippen LogP contribution is 2.48. The van der Waals surface area contributed by atoms with E-state index in [-0.39, 0.29) is 35.2 Å². The first-order valence-corrected chi connectivity index (χ1v) is 17.6. The number of carboxylic acid groups (broad SMARTS) is 1. The van der Waals surface area contributed by atoms with Gasteiger partial charge in [0, 0.05) is 41.9 Å². The Hall–Kier alpha value is -4.70. The molecule has 276 valence electrons. The Morgan fingerprint density at radius 3 is 2.51 bits per heavy atom. The number of rotatable bonds is 16. The molecular weight excluding hydrogens is 720 g/mol. The number of carbonyl (C=O) groups excluding carboxylic acids is 4. The van der Waals surface area contributed by atoms with E-state index in [1.165, 1.54) is 46.9 Å². The molecule has 19 heteroatoms. The van der Waals surface area contributed by atoms with Gasteiger partial charge in [0.1, 0.15) is 24.2 Å². The molecule has 0 aliphatic carbocycles. The van der Waals surface area contributed by atoms with Gasteiger partial charge in [0.15, 0.2) is 12.1 Å². The van der Waals surface area contributed by atoms with Gasteiger partial charge < -0.3 is 38.8 Å². The van der Waals surface area contributed by atoms with Gasteiger partial charge in [-0.1, -0.05) is 23.7 Å². The summed E-state index contributed by atoms with van der Waals surface area (Å²) in [7, 11) is -4.33. The number of nitrogens with zero attached hydrogens (tertiary/aromatic N) is 2. The second-order valence-corrected chi connectivity index (χ2v) is 13.8. The third-order valence-corrected chi connectivity index (χ3v) is 9.21. The Balaban J connectivity index is 1.48. The Morgan fingerprint density at radius 2 is 1.82 bits per heavy atom. The lowest BCUT2D eigenvalue weighted by atomic mass is 10.1. The van der Waals surface area contributed by atoms with Crippen LogP contribution in [0.3, 0.4) is 0 Å². The highest BCUT2D eigenvalue weighted by molar-refractivity contribution is 7.53. The zero-order valence-electron chi connectivity index (χ0n) is 27.8. The van der Waals surface area contributed by atoms with E-state index in [1.54, 1.807) is 26.0 Å². The molecule has 3 aromatic rings. The molecule has 0 bridgehead atoms. The first-order valence-electron chi connectivity index (χ1n) is 15.5. The van der Waals surface area contributed by atoms with Crippen molar-refractivity contribution < 1.29 is 66.0 Å². The van der Waals surface area contributed by atoms with Gasteiger partial charge in [-0.15, -0.1) is 0 Å². The van der Waals surface area contributed by atoms with Crippen LogP contribution in [0.5, 0.6) is 5.75 Å². The number of ketones is 1.